The highest BCUT2D eigenvalue weighted by Crippen LogP contribution is 2.18. The first-order valence-electron chi connectivity index (χ1n) is 11.8. The number of furan rings is 1. The Bertz CT molecular complexity index is 1160. The number of unbranched alkanes of at least 4 members (excludes halogenated alkanes) is 1. The van der Waals surface area contributed by atoms with Crippen molar-refractivity contribution in [3.05, 3.63) is 65.0 Å². The van der Waals surface area contributed by atoms with E-state index in [1.807, 2.05) is 38.1 Å². The Morgan fingerprint density at radius 3 is 2.37 bits per heavy atom. The number of imidazole rings is 1. The molecule has 0 saturated heterocycles. The van der Waals surface area contributed by atoms with E-state index >= 15 is 0 Å². The lowest BCUT2D eigenvalue weighted by Crippen LogP contribution is -2.30. The van der Waals surface area contributed by atoms with Crippen molar-refractivity contribution in [2.24, 2.45) is 5.73 Å². The Morgan fingerprint density at radius 2 is 1.74 bits per heavy atom. The summed E-state index contributed by atoms with van der Waals surface area (Å²) in [5.41, 5.74) is 7.16. The molecule has 2 aromatic heterocycles. The Morgan fingerprint density at radius 1 is 1.03 bits per heavy atom. The molecule has 0 radical (unpaired) electrons. The van der Waals surface area contributed by atoms with Gasteiger partial charge in [-0.05, 0) is 56.5 Å². The molecule has 10 heteroatoms. The SMILES string of the molecule is CCCCc1ccc(NC(=O)Nc2[nH]c(Cc3ccc(C(=O)N(CC)CC)o3)nc2C(N)=O)cc1. The summed E-state index contributed by atoms with van der Waals surface area (Å²) in [6, 6.07) is 10.3. The predicted molar refractivity (Wildman–Crippen MR) is 134 cm³/mol. The lowest BCUT2D eigenvalue weighted by atomic mass is 10.1. The maximum atomic E-state index is 12.5. The van der Waals surface area contributed by atoms with Gasteiger partial charge in [-0.2, -0.15) is 0 Å². The first kappa shape index (κ1) is 25.5. The number of aromatic amines is 1. The molecule has 1 aromatic carbocycles. The molecule has 4 amide bonds. The van der Waals surface area contributed by atoms with E-state index in [1.165, 1.54) is 5.56 Å². The minimum absolute atomic E-state index is 0.0792. The van der Waals surface area contributed by atoms with Gasteiger partial charge in [0.25, 0.3) is 11.8 Å². The fourth-order valence-corrected chi connectivity index (χ4v) is 3.61. The largest absolute Gasteiger partial charge is 0.455 e. The fraction of sp³-hybridized carbons (Fsp3) is 0.360. The fourth-order valence-electron chi connectivity index (χ4n) is 3.61. The number of rotatable bonds is 11. The van der Waals surface area contributed by atoms with Gasteiger partial charge in [0, 0.05) is 18.8 Å². The van der Waals surface area contributed by atoms with Gasteiger partial charge in [0.15, 0.2) is 11.5 Å². The molecule has 0 atom stereocenters. The van der Waals surface area contributed by atoms with Crippen molar-refractivity contribution in [1.82, 2.24) is 14.9 Å². The minimum atomic E-state index is -0.792. The quantitative estimate of drug-likeness (QED) is 0.325. The highest BCUT2D eigenvalue weighted by atomic mass is 16.4. The summed E-state index contributed by atoms with van der Waals surface area (Å²) < 4.78 is 5.67. The first-order valence-corrected chi connectivity index (χ1v) is 11.8. The van der Waals surface area contributed by atoms with Gasteiger partial charge in [-0.1, -0.05) is 25.5 Å². The Labute approximate surface area is 204 Å². The molecule has 0 unspecified atom stereocenters. The van der Waals surface area contributed by atoms with Crippen LogP contribution in [0.15, 0.2) is 40.8 Å². The van der Waals surface area contributed by atoms with Gasteiger partial charge in [0.05, 0.1) is 6.42 Å². The number of primary amides is 1. The van der Waals surface area contributed by atoms with Crippen molar-refractivity contribution in [2.45, 2.75) is 46.5 Å². The molecule has 0 fully saturated rings. The summed E-state index contributed by atoms with van der Waals surface area (Å²) in [4.78, 5) is 45.6. The van der Waals surface area contributed by atoms with Crippen molar-refractivity contribution >= 4 is 29.4 Å². The molecular formula is C25H32N6O4. The van der Waals surface area contributed by atoms with Crippen molar-refractivity contribution in [3.63, 3.8) is 0 Å². The normalized spacial score (nSPS) is 10.7. The summed E-state index contributed by atoms with van der Waals surface area (Å²) in [6.07, 6.45) is 3.39. The monoisotopic (exact) mass is 480 g/mol. The maximum absolute atomic E-state index is 12.5. The van der Waals surface area contributed by atoms with E-state index in [4.69, 9.17) is 10.2 Å². The molecule has 3 aromatic rings. The second kappa shape index (κ2) is 11.9. The van der Waals surface area contributed by atoms with Crippen molar-refractivity contribution < 1.29 is 18.8 Å². The Balaban J connectivity index is 1.67. The molecule has 0 bridgehead atoms. The van der Waals surface area contributed by atoms with Crippen molar-refractivity contribution in [2.75, 3.05) is 23.7 Å². The number of nitrogens with one attached hydrogen (secondary N) is 3. The zero-order valence-electron chi connectivity index (χ0n) is 20.3. The van der Waals surface area contributed by atoms with Crippen LogP contribution < -0.4 is 16.4 Å². The predicted octanol–water partition coefficient (Wildman–Crippen LogP) is 4.16. The minimum Gasteiger partial charge on any atom is -0.455 e. The molecule has 0 aliphatic heterocycles. The summed E-state index contributed by atoms with van der Waals surface area (Å²) in [6.45, 7) is 7.08. The molecule has 2 heterocycles. The van der Waals surface area contributed by atoms with Gasteiger partial charge >= 0.3 is 6.03 Å². The topological polar surface area (TPSA) is 146 Å². The number of hydrogen-bond acceptors (Lipinski definition) is 5. The van der Waals surface area contributed by atoms with E-state index in [0.29, 0.717) is 30.4 Å². The van der Waals surface area contributed by atoms with Crippen LogP contribution in [0.25, 0.3) is 0 Å². The highest BCUT2D eigenvalue weighted by molar-refractivity contribution is 6.04. The molecule has 35 heavy (non-hydrogen) atoms. The second-order valence-corrected chi connectivity index (χ2v) is 8.07. The lowest BCUT2D eigenvalue weighted by Gasteiger charge is -2.16. The smallest absolute Gasteiger partial charge is 0.324 e. The van der Waals surface area contributed by atoms with E-state index in [1.54, 1.807) is 17.0 Å². The number of urea groups is 1. The van der Waals surface area contributed by atoms with Crippen molar-refractivity contribution in [3.8, 4) is 0 Å². The number of nitrogens with zero attached hydrogens (tertiary/aromatic N) is 2. The number of amides is 4. The molecule has 0 spiro atoms. The standard InChI is InChI=1S/C25H32N6O4/c1-4-7-8-16-9-11-17(12-10-16)27-25(34)30-23-21(22(26)32)28-20(29-23)15-18-13-14-19(35-18)24(33)31(5-2)6-3/h9-14H,4-8,15H2,1-3H3,(H2,26,32)(H,28,29)(H2,27,30,34). The third kappa shape index (κ3) is 6.72. The summed E-state index contributed by atoms with van der Waals surface area (Å²) in [5, 5.41) is 5.31. The van der Waals surface area contributed by atoms with Gasteiger partial charge < -0.3 is 25.4 Å². The van der Waals surface area contributed by atoms with Crippen LogP contribution in [0.4, 0.5) is 16.3 Å². The number of H-pyrrole nitrogens is 1. The van der Waals surface area contributed by atoms with Crippen LogP contribution in [0.5, 0.6) is 0 Å². The van der Waals surface area contributed by atoms with Crippen LogP contribution in [0, 0.1) is 0 Å². The molecule has 0 aliphatic carbocycles. The average molecular weight is 481 g/mol. The second-order valence-electron chi connectivity index (χ2n) is 8.07. The van der Waals surface area contributed by atoms with Gasteiger partial charge in [0.2, 0.25) is 0 Å². The molecule has 10 nitrogen and oxygen atoms in total. The zero-order chi connectivity index (χ0) is 25.4. The van der Waals surface area contributed by atoms with Crippen LogP contribution in [0.2, 0.25) is 0 Å². The number of carbonyl (C=O) groups is 3. The van der Waals surface area contributed by atoms with E-state index in [0.717, 1.165) is 19.3 Å². The first-order chi connectivity index (χ1) is 16.8. The maximum Gasteiger partial charge on any atom is 0.324 e. The summed E-state index contributed by atoms with van der Waals surface area (Å²) in [7, 11) is 0. The third-order valence-electron chi connectivity index (χ3n) is 5.52. The van der Waals surface area contributed by atoms with Gasteiger partial charge in [-0.3, -0.25) is 14.9 Å². The van der Waals surface area contributed by atoms with Gasteiger partial charge in [-0.25, -0.2) is 9.78 Å². The molecule has 0 saturated carbocycles. The van der Waals surface area contributed by atoms with Crippen LogP contribution in [0.3, 0.4) is 0 Å². The molecule has 0 aliphatic rings. The number of hydrogen-bond donors (Lipinski definition) is 4. The number of benzene rings is 1. The zero-order valence-corrected chi connectivity index (χ0v) is 20.3. The molecular weight excluding hydrogens is 448 g/mol. The van der Waals surface area contributed by atoms with Gasteiger partial charge in [-0.15, -0.1) is 0 Å². The molecule has 5 N–H and O–H groups in total. The van der Waals surface area contributed by atoms with E-state index in [2.05, 4.69) is 27.5 Å². The number of anilines is 2. The van der Waals surface area contributed by atoms with Crippen LogP contribution in [0.1, 0.15) is 71.8 Å². The number of aryl methyl sites for hydroxylation is 1. The van der Waals surface area contributed by atoms with Crippen LogP contribution in [-0.2, 0) is 12.8 Å². The number of aromatic nitrogens is 2. The lowest BCUT2D eigenvalue weighted by molar-refractivity contribution is 0.0739. The van der Waals surface area contributed by atoms with E-state index < -0.39 is 11.9 Å². The average Bonchev–Trinajstić information content (AvgIpc) is 3.46. The number of nitrogens with two attached hydrogens (primary N) is 1. The summed E-state index contributed by atoms with van der Waals surface area (Å²) >= 11 is 0. The molecule has 186 valence electrons. The molecule has 3 rings (SSSR count). The number of carbonyl (C=O) groups excluding carboxylic acids is 3. The summed E-state index contributed by atoms with van der Waals surface area (Å²) in [5.74, 6) is 0.144. The highest BCUT2D eigenvalue weighted by Gasteiger charge is 2.20. The Kier molecular flexibility index (Phi) is 8.66. The van der Waals surface area contributed by atoms with E-state index in [-0.39, 0.29) is 29.6 Å². The van der Waals surface area contributed by atoms with Crippen LogP contribution >= 0.6 is 0 Å². The Hall–Kier alpha value is -4.08. The van der Waals surface area contributed by atoms with E-state index in [9.17, 15) is 14.4 Å². The third-order valence-corrected chi connectivity index (χ3v) is 5.52. The van der Waals surface area contributed by atoms with Crippen molar-refractivity contribution in [1.29, 1.82) is 0 Å². The van der Waals surface area contributed by atoms with Gasteiger partial charge in [0.1, 0.15) is 17.4 Å². The van der Waals surface area contributed by atoms with Crippen LogP contribution in [-0.4, -0.2) is 45.8 Å².